The Labute approximate surface area is 124 Å². The van der Waals surface area contributed by atoms with Gasteiger partial charge in [-0.3, -0.25) is 0 Å². The van der Waals surface area contributed by atoms with Crippen molar-refractivity contribution in [2.75, 3.05) is 0 Å². The number of hydrogen-bond donors (Lipinski definition) is 0. The third kappa shape index (κ3) is 3.76. The monoisotopic (exact) mass is 285 g/mol. The van der Waals surface area contributed by atoms with Crippen molar-refractivity contribution in [3.8, 4) is 11.8 Å². The molecule has 0 N–H and O–H groups in total. The van der Waals surface area contributed by atoms with Gasteiger partial charge in [-0.15, -0.1) is 0 Å². The average molecular weight is 286 g/mol. The summed E-state index contributed by atoms with van der Waals surface area (Å²) in [7, 11) is 0. The van der Waals surface area contributed by atoms with Crippen LogP contribution in [0.5, 0.6) is 5.75 Å². The number of nitriles is 1. The van der Waals surface area contributed by atoms with Crippen LogP contribution in [0.25, 0.3) is 0 Å². The minimum atomic E-state index is 0.400. The fourth-order valence-electron chi connectivity index (χ4n) is 1.94. The van der Waals surface area contributed by atoms with Crippen LogP contribution >= 0.6 is 11.6 Å². The van der Waals surface area contributed by atoms with E-state index in [9.17, 15) is 0 Å². The SMILES string of the molecule is CCCc1ccc(OCc2ccc(C#N)cc2Cl)cc1. The van der Waals surface area contributed by atoms with Gasteiger partial charge in [0.15, 0.2) is 0 Å². The normalized spacial score (nSPS) is 10.1. The lowest BCUT2D eigenvalue weighted by Crippen LogP contribution is -1.97. The van der Waals surface area contributed by atoms with E-state index in [-0.39, 0.29) is 0 Å². The molecule has 0 heterocycles. The summed E-state index contributed by atoms with van der Waals surface area (Å²) in [5.74, 6) is 0.824. The fourth-order valence-corrected chi connectivity index (χ4v) is 2.17. The van der Waals surface area contributed by atoms with Crippen LogP contribution in [-0.4, -0.2) is 0 Å². The second-order valence-corrected chi connectivity index (χ2v) is 5.01. The number of halogens is 1. The van der Waals surface area contributed by atoms with Crippen LogP contribution in [0.2, 0.25) is 5.02 Å². The van der Waals surface area contributed by atoms with E-state index in [0.717, 1.165) is 24.2 Å². The maximum absolute atomic E-state index is 8.79. The summed E-state index contributed by atoms with van der Waals surface area (Å²) in [6, 6.07) is 15.4. The number of benzene rings is 2. The molecule has 0 saturated carbocycles. The van der Waals surface area contributed by atoms with Crippen LogP contribution in [0, 0.1) is 11.3 Å². The third-order valence-electron chi connectivity index (χ3n) is 3.04. The summed E-state index contributed by atoms with van der Waals surface area (Å²) in [6.07, 6.45) is 2.22. The van der Waals surface area contributed by atoms with Crippen molar-refractivity contribution in [2.45, 2.75) is 26.4 Å². The lowest BCUT2D eigenvalue weighted by molar-refractivity contribution is 0.306. The number of hydrogen-bond acceptors (Lipinski definition) is 2. The summed E-state index contributed by atoms with van der Waals surface area (Å²) < 4.78 is 5.71. The molecular formula is C17H16ClNO. The fraction of sp³-hybridized carbons (Fsp3) is 0.235. The van der Waals surface area contributed by atoms with Crippen LogP contribution in [0.4, 0.5) is 0 Å². The summed E-state index contributed by atoms with van der Waals surface area (Å²) in [4.78, 5) is 0. The second-order valence-electron chi connectivity index (χ2n) is 4.60. The highest BCUT2D eigenvalue weighted by Crippen LogP contribution is 2.20. The number of aryl methyl sites for hydroxylation is 1. The molecule has 0 aromatic heterocycles. The molecule has 0 bridgehead atoms. The van der Waals surface area contributed by atoms with Crippen molar-refractivity contribution < 1.29 is 4.74 Å². The Morgan fingerprint density at radius 1 is 1.15 bits per heavy atom. The number of ether oxygens (including phenoxy) is 1. The van der Waals surface area contributed by atoms with Gasteiger partial charge in [0, 0.05) is 10.6 Å². The van der Waals surface area contributed by atoms with Crippen LogP contribution < -0.4 is 4.74 Å². The van der Waals surface area contributed by atoms with Gasteiger partial charge in [0.1, 0.15) is 12.4 Å². The minimum absolute atomic E-state index is 0.400. The Morgan fingerprint density at radius 2 is 1.90 bits per heavy atom. The Morgan fingerprint density at radius 3 is 2.50 bits per heavy atom. The van der Waals surface area contributed by atoms with E-state index < -0.39 is 0 Å². The van der Waals surface area contributed by atoms with Gasteiger partial charge in [0.25, 0.3) is 0 Å². The van der Waals surface area contributed by atoms with Crippen LogP contribution in [-0.2, 0) is 13.0 Å². The zero-order chi connectivity index (χ0) is 14.4. The predicted octanol–water partition coefficient (Wildman–Crippen LogP) is 4.74. The molecule has 2 aromatic carbocycles. The Hall–Kier alpha value is -1.98. The van der Waals surface area contributed by atoms with E-state index in [1.807, 2.05) is 18.2 Å². The molecule has 3 heteroatoms. The molecule has 0 aliphatic rings. The van der Waals surface area contributed by atoms with Gasteiger partial charge in [-0.05, 0) is 36.2 Å². The lowest BCUT2D eigenvalue weighted by Gasteiger charge is -2.08. The van der Waals surface area contributed by atoms with Gasteiger partial charge in [-0.25, -0.2) is 0 Å². The molecule has 0 atom stereocenters. The number of rotatable bonds is 5. The highest BCUT2D eigenvalue weighted by molar-refractivity contribution is 6.31. The zero-order valence-electron chi connectivity index (χ0n) is 11.4. The van der Waals surface area contributed by atoms with Crippen molar-refractivity contribution >= 4 is 11.6 Å². The minimum Gasteiger partial charge on any atom is -0.489 e. The summed E-state index contributed by atoms with van der Waals surface area (Å²) in [5, 5.41) is 9.35. The highest BCUT2D eigenvalue weighted by Gasteiger charge is 2.03. The van der Waals surface area contributed by atoms with Gasteiger partial charge >= 0.3 is 0 Å². The summed E-state index contributed by atoms with van der Waals surface area (Å²) in [6.45, 7) is 2.56. The molecule has 0 aliphatic heterocycles. The molecule has 0 fully saturated rings. The largest absolute Gasteiger partial charge is 0.489 e. The first-order valence-electron chi connectivity index (χ1n) is 6.63. The van der Waals surface area contributed by atoms with E-state index in [0.29, 0.717) is 17.2 Å². The van der Waals surface area contributed by atoms with Gasteiger partial charge in [-0.2, -0.15) is 5.26 Å². The number of nitrogens with zero attached hydrogens (tertiary/aromatic N) is 1. The molecule has 0 radical (unpaired) electrons. The molecule has 0 saturated heterocycles. The molecule has 20 heavy (non-hydrogen) atoms. The average Bonchev–Trinajstić information content (AvgIpc) is 2.48. The Kier molecular flexibility index (Phi) is 5.03. The molecule has 102 valence electrons. The first-order valence-corrected chi connectivity index (χ1v) is 7.01. The predicted molar refractivity (Wildman–Crippen MR) is 80.9 cm³/mol. The van der Waals surface area contributed by atoms with Gasteiger partial charge < -0.3 is 4.74 Å². The molecule has 2 aromatic rings. The maximum atomic E-state index is 8.79. The molecular weight excluding hydrogens is 270 g/mol. The van der Waals surface area contributed by atoms with Gasteiger partial charge in [-0.1, -0.05) is 43.1 Å². The molecule has 0 spiro atoms. The molecule has 0 amide bonds. The Bertz CT molecular complexity index is 614. The zero-order valence-corrected chi connectivity index (χ0v) is 12.2. The standard InChI is InChI=1S/C17H16ClNO/c1-2-3-13-5-8-16(9-6-13)20-12-15-7-4-14(11-19)10-17(15)18/h4-10H,2-3,12H2,1H3. The van der Waals surface area contributed by atoms with Crippen LogP contribution in [0.15, 0.2) is 42.5 Å². The van der Waals surface area contributed by atoms with Crippen molar-refractivity contribution in [3.05, 3.63) is 64.2 Å². The van der Waals surface area contributed by atoms with Gasteiger partial charge in [0.2, 0.25) is 0 Å². The first-order chi connectivity index (χ1) is 9.72. The quantitative estimate of drug-likeness (QED) is 0.795. The topological polar surface area (TPSA) is 33.0 Å². The van der Waals surface area contributed by atoms with Crippen molar-refractivity contribution in [1.82, 2.24) is 0 Å². The van der Waals surface area contributed by atoms with Crippen molar-refractivity contribution in [3.63, 3.8) is 0 Å². The van der Waals surface area contributed by atoms with Crippen LogP contribution in [0.1, 0.15) is 30.0 Å². The Balaban J connectivity index is 2.00. The van der Waals surface area contributed by atoms with E-state index in [1.54, 1.807) is 12.1 Å². The van der Waals surface area contributed by atoms with E-state index >= 15 is 0 Å². The maximum Gasteiger partial charge on any atom is 0.119 e. The smallest absolute Gasteiger partial charge is 0.119 e. The van der Waals surface area contributed by atoms with Crippen molar-refractivity contribution in [2.24, 2.45) is 0 Å². The van der Waals surface area contributed by atoms with Crippen molar-refractivity contribution in [1.29, 1.82) is 5.26 Å². The van der Waals surface area contributed by atoms with E-state index in [4.69, 9.17) is 21.6 Å². The summed E-state index contributed by atoms with van der Waals surface area (Å²) >= 11 is 6.11. The lowest BCUT2D eigenvalue weighted by atomic mass is 10.1. The first kappa shape index (κ1) is 14.4. The van der Waals surface area contributed by atoms with E-state index in [2.05, 4.69) is 25.1 Å². The van der Waals surface area contributed by atoms with Gasteiger partial charge in [0.05, 0.1) is 11.6 Å². The molecule has 2 rings (SSSR count). The highest BCUT2D eigenvalue weighted by atomic mass is 35.5. The molecule has 0 aliphatic carbocycles. The second kappa shape index (κ2) is 6.98. The summed E-state index contributed by atoms with van der Waals surface area (Å²) in [5.41, 5.74) is 2.75. The molecule has 2 nitrogen and oxygen atoms in total. The third-order valence-corrected chi connectivity index (χ3v) is 3.39. The van der Waals surface area contributed by atoms with E-state index in [1.165, 1.54) is 5.56 Å². The van der Waals surface area contributed by atoms with Crippen LogP contribution in [0.3, 0.4) is 0 Å². The molecule has 0 unspecified atom stereocenters.